The molecule has 4 aromatic rings. The molecule has 2 heterocycles. The third kappa shape index (κ3) is 5.93. The number of nitrogens with zero attached hydrogens (tertiary/aromatic N) is 2. The van der Waals surface area contributed by atoms with E-state index in [1.807, 2.05) is 0 Å². The number of anilines is 3. The second-order valence-electron chi connectivity index (χ2n) is 7.93. The molecule has 0 saturated carbocycles. The standard InChI is InChI=1S/C25H19Cl2N5O5/c26-16-11-28-12-17(27)20(16)25(37)31-14-6-4-13(5-7-14)18(9-19(33)34)32-22-21(23(35)24(22)36)30-10-15-3-1-2-8-29-15/h1-8,11-12,18,30,32H,9-10H2,(H,31,37)(H,33,34). The number of carbonyl (C=O) groups is 2. The molecule has 10 nitrogen and oxygen atoms in total. The van der Waals surface area contributed by atoms with Crippen LogP contribution in [-0.2, 0) is 11.3 Å². The lowest BCUT2D eigenvalue weighted by Gasteiger charge is -2.22. The Labute approximate surface area is 220 Å². The van der Waals surface area contributed by atoms with Crippen LogP contribution in [0.3, 0.4) is 0 Å². The average Bonchev–Trinajstić information content (AvgIpc) is 2.88. The Hall–Kier alpha value is -4.28. The van der Waals surface area contributed by atoms with Gasteiger partial charge in [0.1, 0.15) is 11.4 Å². The van der Waals surface area contributed by atoms with Crippen molar-refractivity contribution >= 4 is 52.1 Å². The summed E-state index contributed by atoms with van der Waals surface area (Å²) in [7, 11) is 0. The number of amides is 1. The van der Waals surface area contributed by atoms with Crippen LogP contribution >= 0.6 is 23.2 Å². The average molecular weight is 540 g/mol. The molecule has 0 aliphatic rings. The predicted molar refractivity (Wildman–Crippen MR) is 140 cm³/mol. The minimum atomic E-state index is -1.11. The van der Waals surface area contributed by atoms with Crippen LogP contribution in [0.2, 0.25) is 10.0 Å². The number of pyridine rings is 2. The van der Waals surface area contributed by atoms with Gasteiger partial charge in [-0.05, 0) is 29.8 Å². The highest BCUT2D eigenvalue weighted by Crippen LogP contribution is 2.28. The molecular formula is C25H19Cl2N5O5. The number of hydrogen-bond donors (Lipinski definition) is 4. The highest BCUT2D eigenvalue weighted by atomic mass is 35.5. The Morgan fingerprint density at radius 3 is 2.24 bits per heavy atom. The van der Waals surface area contributed by atoms with E-state index in [2.05, 4.69) is 25.9 Å². The molecule has 2 aromatic carbocycles. The van der Waals surface area contributed by atoms with Crippen LogP contribution in [0.15, 0.2) is 70.6 Å². The molecule has 37 heavy (non-hydrogen) atoms. The summed E-state index contributed by atoms with van der Waals surface area (Å²) in [6.45, 7) is 0.212. The summed E-state index contributed by atoms with van der Waals surface area (Å²) in [5.74, 6) is -1.66. The van der Waals surface area contributed by atoms with Gasteiger partial charge >= 0.3 is 5.97 Å². The van der Waals surface area contributed by atoms with Gasteiger partial charge in [0.25, 0.3) is 16.8 Å². The van der Waals surface area contributed by atoms with Crippen molar-refractivity contribution in [3.05, 3.63) is 108 Å². The zero-order chi connectivity index (χ0) is 26.5. The maximum absolute atomic E-state index is 12.6. The zero-order valence-electron chi connectivity index (χ0n) is 19.0. The number of aromatic nitrogens is 2. The van der Waals surface area contributed by atoms with Crippen LogP contribution < -0.4 is 26.8 Å². The highest BCUT2D eigenvalue weighted by molar-refractivity contribution is 6.40. The maximum Gasteiger partial charge on any atom is 0.305 e. The van der Waals surface area contributed by atoms with E-state index in [9.17, 15) is 24.3 Å². The molecule has 0 aliphatic carbocycles. The van der Waals surface area contributed by atoms with E-state index < -0.39 is 28.8 Å². The van der Waals surface area contributed by atoms with Gasteiger partial charge in [-0.3, -0.25) is 29.1 Å². The van der Waals surface area contributed by atoms with E-state index in [0.717, 1.165) is 0 Å². The molecule has 0 radical (unpaired) electrons. The van der Waals surface area contributed by atoms with Crippen LogP contribution in [0.5, 0.6) is 0 Å². The summed E-state index contributed by atoms with van der Waals surface area (Å²) in [6, 6.07) is 10.8. The lowest BCUT2D eigenvalue weighted by atomic mass is 10.0. The number of benzene rings is 1. The number of rotatable bonds is 10. The number of carbonyl (C=O) groups excluding carboxylic acids is 1. The van der Waals surface area contributed by atoms with Crippen molar-refractivity contribution in [3.8, 4) is 0 Å². The van der Waals surface area contributed by atoms with E-state index in [-0.39, 0.29) is 39.9 Å². The fourth-order valence-electron chi connectivity index (χ4n) is 3.60. The van der Waals surface area contributed by atoms with Crippen LogP contribution in [0.25, 0.3) is 0 Å². The Morgan fingerprint density at radius 2 is 1.62 bits per heavy atom. The van der Waals surface area contributed by atoms with E-state index in [4.69, 9.17) is 23.2 Å². The quantitative estimate of drug-likeness (QED) is 0.220. The van der Waals surface area contributed by atoms with E-state index in [1.165, 1.54) is 12.4 Å². The van der Waals surface area contributed by atoms with Gasteiger partial charge in [0, 0.05) is 24.3 Å². The molecule has 1 atom stereocenters. The first kappa shape index (κ1) is 25.8. The molecule has 0 aliphatic heterocycles. The van der Waals surface area contributed by atoms with Gasteiger partial charge in [0.15, 0.2) is 0 Å². The van der Waals surface area contributed by atoms with Gasteiger partial charge < -0.3 is 21.1 Å². The predicted octanol–water partition coefficient (Wildman–Crippen LogP) is 3.87. The Balaban J connectivity index is 1.50. The Morgan fingerprint density at radius 1 is 0.946 bits per heavy atom. The summed E-state index contributed by atoms with van der Waals surface area (Å²) < 4.78 is 0. The summed E-state index contributed by atoms with van der Waals surface area (Å²) in [4.78, 5) is 56.5. The maximum atomic E-state index is 12.6. The monoisotopic (exact) mass is 539 g/mol. The topological polar surface area (TPSA) is 150 Å². The van der Waals surface area contributed by atoms with Crippen molar-refractivity contribution in [1.29, 1.82) is 0 Å². The van der Waals surface area contributed by atoms with Gasteiger partial charge in [-0.25, -0.2) is 0 Å². The van der Waals surface area contributed by atoms with Crippen molar-refractivity contribution in [2.45, 2.75) is 19.0 Å². The third-order valence-corrected chi connectivity index (χ3v) is 6.00. The SMILES string of the molecule is O=C(O)CC(Nc1c(NCc2ccccn2)c(=O)c1=O)c1ccc(NC(=O)c2c(Cl)cncc2Cl)cc1. The van der Waals surface area contributed by atoms with Gasteiger partial charge in [-0.15, -0.1) is 0 Å². The molecule has 12 heteroatoms. The highest BCUT2D eigenvalue weighted by Gasteiger charge is 2.25. The largest absolute Gasteiger partial charge is 0.481 e. The number of nitrogens with one attached hydrogen (secondary N) is 3. The second kappa shape index (κ2) is 11.2. The molecular weight excluding hydrogens is 521 g/mol. The summed E-state index contributed by atoms with van der Waals surface area (Å²) >= 11 is 12.1. The number of hydrogen-bond acceptors (Lipinski definition) is 8. The Kier molecular flexibility index (Phi) is 7.80. The molecule has 1 amide bonds. The van der Waals surface area contributed by atoms with Crippen LogP contribution in [0, 0.1) is 0 Å². The normalized spacial score (nSPS) is 11.6. The fourth-order valence-corrected chi connectivity index (χ4v) is 4.14. The lowest BCUT2D eigenvalue weighted by Crippen LogP contribution is -2.38. The molecule has 2 aromatic heterocycles. The Bertz CT molecular complexity index is 1500. The van der Waals surface area contributed by atoms with E-state index in [1.54, 1.807) is 48.7 Å². The molecule has 188 valence electrons. The van der Waals surface area contributed by atoms with Crippen LogP contribution in [0.4, 0.5) is 17.1 Å². The minimum absolute atomic E-state index is 0.00605. The van der Waals surface area contributed by atoms with Crippen molar-refractivity contribution in [2.24, 2.45) is 0 Å². The van der Waals surface area contributed by atoms with E-state index in [0.29, 0.717) is 16.9 Å². The van der Waals surface area contributed by atoms with Gasteiger partial charge in [0.05, 0.1) is 40.3 Å². The smallest absolute Gasteiger partial charge is 0.305 e. The van der Waals surface area contributed by atoms with Gasteiger partial charge in [-0.2, -0.15) is 0 Å². The third-order valence-electron chi connectivity index (χ3n) is 5.43. The molecule has 0 fully saturated rings. The summed E-state index contributed by atoms with van der Waals surface area (Å²) in [5.41, 5.74) is 0.289. The van der Waals surface area contributed by atoms with E-state index >= 15 is 0 Å². The molecule has 0 saturated heterocycles. The fraction of sp³-hybridized carbons (Fsp3) is 0.120. The molecule has 4 rings (SSSR count). The molecule has 0 spiro atoms. The number of aliphatic carboxylic acids is 1. The molecule has 4 N–H and O–H groups in total. The van der Waals surface area contributed by atoms with Crippen LogP contribution in [0.1, 0.15) is 34.1 Å². The number of carboxylic acids is 1. The first-order valence-corrected chi connectivity index (χ1v) is 11.7. The van der Waals surface area contributed by atoms with Gasteiger partial charge in [-0.1, -0.05) is 41.4 Å². The second-order valence-corrected chi connectivity index (χ2v) is 8.75. The van der Waals surface area contributed by atoms with Crippen molar-refractivity contribution in [2.75, 3.05) is 16.0 Å². The zero-order valence-corrected chi connectivity index (χ0v) is 20.5. The molecule has 1 unspecified atom stereocenters. The lowest BCUT2D eigenvalue weighted by molar-refractivity contribution is -0.137. The van der Waals surface area contributed by atoms with Crippen molar-refractivity contribution < 1.29 is 14.7 Å². The molecule has 0 bridgehead atoms. The first-order chi connectivity index (χ1) is 17.7. The van der Waals surface area contributed by atoms with Crippen LogP contribution in [-0.4, -0.2) is 27.0 Å². The van der Waals surface area contributed by atoms with Gasteiger partial charge in [0.2, 0.25) is 0 Å². The van der Waals surface area contributed by atoms with Crippen molar-refractivity contribution in [3.63, 3.8) is 0 Å². The number of carboxylic acid groups (broad SMARTS) is 1. The van der Waals surface area contributed by atoms with Crippen molar-refractivity contribution in [1.82, 2.24) is 9.97 Å². The first-order valence-electron chi connectivity index (χ1n) is 10.9. The minimum Gasteiger partial charge on any atom is -0.481 e. The summed E-state index contributed by atoms with van der Waals surface area (Å²) in [6.07, 6.45) is 3.84. The number of halogens is 2. The summed E-state index contributed by atoms with van der Waals surface area (Å²) in [5, 5.41) is 18.0.